The Balaban J connectivity index is 1.65. The van der Waals surface area contributed by atoms with Gasteiger partial charge in [0.1, 0.15) is 0 Å². The molecular weight excluding hydrogens is 372 g/mol. The molecule has 1 saturated heterocycles. The van der Waals surface area contributed by atoms with Crippen LogP contribution in [-0.4, -0.2) is 38.3 Å². The van der Waals surface area contributed by atoms with E-state index in [9.17, 15) is 13.2 Å². The second-order valence-corrected chi connectivity index (χ2v) is 9.73. The Morgan fingerprint density at radius 3 is 2.39 bits per heavy atom. The van der Waals surface area contributed by atoms with Crippen LogP contribution >= 0.6 is 0 Å². The molecule has 2 aliphatic heterocycles. The van der Waals surface area contributed by atoms with Crippen LogP contribution in [0.4, 0.5) is 5.69 Å². The van der Waals surface area contributed by atoms with E-state index in [-0.39, 0.29) is 5.91 Å². The van der Waals surface area contributed by atoms with Crippen molar-refractivity contribution in [2.45, 2.75) is 43.9 Å². The van der Waals surface area contributed by atoms with Crippen LogP contribution in [0.2, 0.25) is 0 Å². The van der Waals surface area contributed by atoms with E-state index in [0.29, 0.717) is 37.4 Å². The van der Waals surface area contributed by atoms with Gasteiger partial charge in [-0.1, -0.05) is 30.3 Å². The molecule has 2 aromatic rings. The summed E-state index contributed by atoms with van der Waals surface area (Å²) in [7, 11) is -3.57. The number of para-hydroxylation sites is 1. The summed E-state index contributed by atoms with van der Waals surface area (Å²) in [5.74, 6) is 0.111. The number of sulfonamides is 1. The van der Waals surface area contributed by atoms with Crippen molar-refractivity contribution in [2.75, 3.05) is 24.5 Å². The van der Waals surface area contributed by atoms with E-state index in [1.165, 1.54) is 0 Å². The van der Waals surface area contributed by atoms with Gasteiger partial charge in [-0.25, -0.2) is 8.42 Å². The summed E-state index contributed by atoms with van der Waals surface area (Å²) in [6.45, 7) is 7.04. The van der Waals surface area contributed by atoms with Crippen molar-refractivity contribution in [1.29, 1.82) is 0 Å². The number of carbonyl (C=O) groups is 1. The van der Waals surface area contributed by atoms with Gasteiger partial charge in [0.2, 0.25) is 15.9 Å². The third-order valence-electron chi connectivity index (χ3n) is 6.22. The van der Waals surface area contributed by atoms with Gasteiger partial charge in [-0.3, -0.25) is 4.79 Å². The van der Waals surface area contributed by atoms with Crippen LogP contribution in [-0.2, 0) is 20.2 Å². The monoisotopic (exact) mass is 398 g/mol. The maximum absolute atomic E-state index is 13.3. The number of piperidine rings is 1. The first-order chi connectivity index (χ1) is 13.3. The highest BCUT2D eigenvalue weighted by Gasteiger charge is 2.52. The van der Waals surface area contributed by atoms with Crippen molar-refractivity contribution in [3.8, 4) is 0 Å². The van der Waals surface area contributed by atoms with Gasteiger partial charge in [0.25, 0.3) is 0 Å². The molecule has 148 valence electrons. The third kappa shape index (κ3) is 2.70. The summed E-state index contributed by atoms with van der Waals surface area (Å²) in [4.78, 5) is 15.5. The summed E-state index contributed by atoms with van der Waals surface area (Å²) in [6, 6.07) is 13.4. The number of aryl methyl sites for hydroxylation is 2. The fourth-order valence-corrected chi connectivity index (χ4v) is 6.38. The molecular formula is C22H26N2O3S. The highest BCUT2D eigenvalue weighted by molar-refractivity contribution is 7.89. The fraction of sp³-hybridized carbons (Fsp3) is 0.409. The molecule has 2 heterocycles. The second kappa shape index (κ2) is 6.71. The highest BCUT2D eigenvalue weighted by Crippen LogP contribution is 2.48. The zero-order valence-corrected chi connectivity index (χ0v) is 17.4. The molecule has 1 fully saturated rings. The maximum Gasteiger partial charge on any atom is 0.243 e. The van der Waals surface area contributed by atoms with Crippen molar-refractivity contribution in [3.05, 3.63) is 59.2 Å². The van der Waals surface area contributed by atoms with Crippen molar-refractivity contribution < 1.29 is 13.2 Å². The standard InChI is InChI=1S/C22H26N2O3S/c1-4-24-19-8-6-5-7-18(19)22(21(24)25)11-13-23(14-12-22)28(26,27)20-15-16(2)9-10-17(20)3/h5-10,15H,4,11-14H2,1-3H3. The first-order valence-electron chi connectivity index (χ1n) is 9.80. The smallest absolute Gasteiger partial charge is 0.243 e. The van der Waals surface area contributed by atoms with Crippen molar-refractivity contribution >= 4 is 21.6 Å². The SMILES string of the molecule is CCN1C(=O)C2(CCN(S(=O)(=O)c3cc(C)ccc3C)CC2)c2ccccc21. The van der Waals surface area contributed by atoms with Gasteiger partial charge in [0, 0.05) is 25.3 Å². The average Bonchev–Trinajstić information content (AvgIpc) is 2.92. The summed E-state index contributed by atoms with van der Waals surface area (Å²) < 4.78 is 28.0. The van der Waals surface area contributed by atoms with Crippen molar-refractivity contribution in [1.82, 2.24) is 4.31 Å². The molecule has 0 saturated carbocycles. The van der Waals surface area contributed by atoms with Gasteiger partial charge in [-0.15, -0.1) is 0 Å². The molecule has 4 rings (SSSR count). The number of amides is 1. The first-order valence-corrected chi connectivity index (χ1v) is 11.2. The van der Waals surface area contributed by atoms with Gasteiger partial charge in [0.15, 0.2) is 0 Å². The molecule has 1 spiro atoms. The molecule has 2 aliphatic rings. The second-order valence-electron chi connectivity index (χ2n) is 7.82. The van der Waals surface area contributed by atoms with Crippen LogP contribution in [0.3, 0.4) is 0 Å². The molecule has 0 N–H and O–H groups in total. The Morgan fingerprint density at radius 2 is 1.71 bits per heavy atom. The number of hydrogen-bond donors (Lipinski definition) is 0. The maximum atomic E-state index is 13.3. The van der Waals surface area contributed by atoms with Gasteiger partial charge >= 0.3 is 0 Å². The lowest BCUT2D eigenvalue weighted by Gasteiger charge is -2.38. The summed E-state index contributed by atoms with van der Waals surface area (Å²) in [6.07, 6.45) is 1.03. The van der Waals surface area contributed by atoms with Gasteiger partial charge in [-0.2, -0.15) is 4.31 Å². The Morgan fingerprint density at radius 1 is 1.04 bits per heavy atom. The normalized spacial score (nSPS) is 19.2. The van der Waals surface area contributed by atoms with E-state index in [4.69, 9.17) is 0 Å². The number of carbonyl (C=O) groups excluding carboxylic acids is 1. The molecule has 0 bridgehead atoms. The lowest BCUT2D eigenvalue weighted by Crippen LogP contribution is -2.50. The molecule has 0 atom stereocenters. The number of anilines is 1. The van der Waals surface area contributed by atoms with Crippen LogP contribution in [0.25, 0.3) is 0 Å². The largest absolute Gasteiger partial charge is 0.312 e. The minimum atomic E-state index is -3.57. The number of fused-ring (bicyclic) bond motifs is 2. The number of nitrogens with zero attached hydrogens (tertiary/aromatic N) is 2. The minimum absolute atomic E-state index is 0.111. The van der Waals surface area contributed by atoms with Crippen LogP contribution in [0.5, 0.6) is 0 Å². The molecule has 0 aromatic heterocycles. The van der Waals surface area contributed by atoms with E-state index in [1.54, 1.807) is 10.4 Å². The predicted molar refractivity (Wildman–Crippen MR) is 110 cm³/mol. The van der Waals surface area contributed by atoms with Crippen LogP contribution in [0.15, 0.2) is 47.4 Å². The Bertz CT molecular complexity index is 1040. The predicted octanol–water partition coefficient (Wildman–Crippen LogP) is 3.39. The van der Waals surface area contributed by atoms with Crippen molar-refractivity contribution in [2.24, 2.45) is 0 Å². The van der Waals surface area contributed by atoms with E-state index in [1.807, 2.05) is 62.1 Å². The summed E-state index contributed by atoms with van der Waals surface area (Å²) >= 11 is 0. The zero-order valence-electron chi connectivity index (χ0n) is 16.6. The molecule has 0 unspecified atom stereocenters. The average molecular weight is 399 g/mol. The van der Waals surface area contributed by atoms with Crippen LogP contribution < -0.4 is 4.90 Å². The van der Waals surface area contributed by atoms with Crippen LogP contribution in [0, 0.1) is 13.8 Å². The summed E-state index contributed by atoms with van der Waals surface area (Å²) in [5.41, 5.74) is 3.10. The highest BCUT2D eigenvalue weighted by atomic mass is 32.2. The third-order valence-corrected chi connectivity index (χ3v) is 8.26. The Hall–Kier alpha value is -2.18. The molecule has 28 heavy (non-hydrogen) atoms. The summed E-state index contributed by atoms with van der Waals surface area (Å²) in [5, 5.41) is 0. The van der Waals surface area contributed by atoms with Crippen LogP contribution in [0.1, 0.15) is 36.5 Å². The molecule has 2 aromatic carbocycles. The van der Waals surface area contributed by atoms with Gasteiger partial charge in [0.05, 0.1) is 10.3 Å². The zero-order chi connectivity index (χ0) is 20.1. The lowest BCUT2D eigenvalue weighted by atomic mass is 9.74. The number of hydrogen-bond acceptors (Lipinski definition) is 3. The van der Waals surface area contributed by atoms with Gasteiger partial charge < -0.3 is 4.90 Å². The van der Waals surface area contributed by atoms with E-state index in [0.717, 1.165) is 22.4 Å². The van der Waals surface area contributed by atoms with Gasteiger partial charge in [-0.05, 0) is 62.4 Å². The number of benzene rings is 2. The Labute approximate surface area is 167 Å². The number of likely N-dealkylation sites (N-methyl/N-ethyl adjacent to an activating group) is 1. The minimum Gasteiger partial charge on any atom is -0.312 e. The van der Waals surface area contributed by atoms with E-state index < -0.39 is 15.4 Å². The first kappa shape index (κ1) is 19.2. The fourth-order valence-electron chi connectivity index (χ4n) is 4.63. The quantitative estimate of drug-likeness (QED) is 0.796. The van der Waals surface area contributed by atoms with E-state index in [2.05, 4.69) is 0 Å². The topological polar surface area (TPSA) is 57.7 Å². The number of rotatable bonds is 3. The molecule has 0 radical (unpaired) electrons. The lowest BCUT2D eigenvalue weighted by molar-refractivity contribution is -0.124. The molecule has 5 nitrogen and oxygen atoms in total. The Kier molecular flexibility index (Phi) is 4.59. The van der Waals surface area contributed by atoms with E-state index >= 15 is 0 Å². The van der Waals surface area contributed by atoms with Crippen molar-refractivity contribution in [3.63, 3.8) is 0 Å². The molecule has 6 heteroatoms. The molecule has 1 amide bonds. The molecule has 0 aliphatic carbocycles.